The second kappa shape index (κ2) is 61.9. The normalized spacial score (nSPS) is 12.3. The van der Waals surface area contributed by atoms with E-state index < -0.39 is 6.10 Å². The fraction of sp³-hybridized carbons (Fsp3) is 0.836. The molecule has 0 fully saturated rings. The van der Waals surface area contributed by atoms with E-state index >= 15 is 0 Å². The molecule has 1 unspecified atom stereocenters. The first-order valence-corrected chi connectivity index (χ1v) is 32.1. The molecule has 6 heteroatoms. The summed E-state index contributed by atoms with van der Waals surface area (Å²) in [5, 5.41) is 0. The first-order valence-electron chi connectivity index (χ1n) is 32.1. The lowest BCUT2D eigenvalue weighted by atomic mass is 10.0. The van der Waals surface area contributed by atoms with Gasteiger partial charge in [0.15, 0.2) is 6.10 Å². The van der Waals surface area contributed by atoms with Crippen LogP contribution in [-0.2, 0) is 28.6 Å². The van der Waals surface area contributed by atoms with Gasteiger partial charge in [0.2, 0.25) is 0 Å². The predicted molar refractivity (Wildman–Crippen MR) is 316 cm³/mol. The van der Waals surface area contributed by atoms with Gasteiger partial charge in [0.05, 0.1) is 0 Å². The minimum atomic E-state index is -0.776. The summed E-state index contributed by atoms with van der Waals surface area (Å²) in [7, 11) is 0. The second-order valence-electron chi connectivity index (χ2n) is 21.6. The third-order valence-electron chi connectivity index (χ3n) is 14.3. The fourth-order valence-corrected chi connectivity index (χ4v) is 9.51. The first kappa shape index (κ1) is 70.4. The summed E-state index contributed by atoms with van der Waals surface area (Å²) >= 11 is 0. The summed E-state index contributed by atoms with van der Waals surface area (Å²) in [6.45, 7) is 6.57. The minimum Gasteiger partial charge on any atom is -0.462 e. The van der Waals surface area contributed by atoms with Crippen molar-refractivity contribution in [2.75, 3.05) is 13.2 Å². The van der Waals surface area contributed by atoms with Crippen molar-refractivity contribution >= 4 is 17.9 Å². The van der Waals surface area contributed by atoms with E-state index in [1.54, 1.807) is 0 Å². The molecule has 73 heavy (non-hydrogen) atoms. The number of ether oxygens (including phenoxy) is 3. The van der Waals surface area contributed by atoms with Crippen LogP contribution in [0.3, 0.4) is 0 Å². The van der Waals surface area contributed by atoms with Gasteiger partial charge in [0.1, 0.15) is 13.2 Å². The largest absolute Gasteiger partial charge is 0.462 e. The summed E-state index contributed by atoms with van der Waals surface area (Å²) in [4.78, 5) is 38.3. The van der Waals surface area contributed by atoms with Crippen LogP contribution in [0.5, 0.6) is 0 Å². The zero-order valence-electron chi connectivity index (χ0n) is 48.9. The Balaban J connectivity index is 4.25. The molecule has 0 heterocycles. The molecule has 6 nitrogen and oxygen atoms in total. The van der Waals surface area contributed by atoms with Crippen LogP contribution in [0.2, 0.25) is 0 Å². The molecule has 426 valence electrons. The van der Waals surface area contributed by atoms with Crippen LogP contribution < -0.4 is 0 Å². The molecule has 0 spiro atoms. The number of rotatable bonds is 59. The molecule has 0 rings (SSSR count). The molecule has 0 aliphatic carbocycles. The number of hydrogen-bond acceptors (Lipinski definition) is 6. The number of allylic oxidation sites excluding steroid dienone is 8. The molecule has 0 aliphatic rings. The first-order chi connectivity index (χ1) is 36.0. The Morgan fingerprint density at radius 3 is 0.849 bits per heavy atom. The highest BCUT2D eigenvalue weighted by Gasteiger charge is 2.19. The van der Waals surface area contributed by atoms with Crippen LogP contribution in [-0.4, -0.2) is 37.2 Å². The molecule has 0 aromatic rings. The molecular weight excluding hydrogens is 901 g/mol. The zero-order chi connectivity index (χ0) is 52.9. The summed E-state index contributed by atoms with van der Waals surface area (Å²) in [6.07, 6.45) is 76.9. The Hall–Kier alpha value is -2.63. The SMILES string of the molecule is CC/C=C\C/C=C\C/C=C\CCCCCCCCCC(=O)OC(COC(=O)CCCCCCCCCCCCCCC)COC(=O)CCCCCCCCCCCCCCC/C=C\CCCCCCCCCC. The molecule has 0 aromatic heterocycles. The quantitative estimate of drug-likeness (QED) is 0.0261. The van der Waals surface area contributed by atoms with E-state index in [1.165, 1.54) is 218 Å². The smallest absolute Gasteiger partial charge is 0.306 e. The lowest BCUT2D eigenvalue weighted by molar-refractivity contribution is -0.167. The maximum absolute atomic E-state index is 12.9. The maximum Gasteiger partial charge on any atom is 0.306 e. The highest BCUT2D eigenvalue weighted by molar-refractivity contribution is 5.71. The van der Waals surface area contributed by atoms with E-state index in [0.717, 1.165) is 83.5 Å². The molecule has 0 amide bonds. The Morgan fingerprint density at radius 2 is 0.534 bits per heavy atom. The monoisotopic (exact) mass is 1020 g/mol. The lowest BCUT2D eigenvalue weighted by Gasteiger charge is -2.18. The predicted octanol–water partition coefficient (Wildman–Crippen LogP) is 21.8. The summed E-state index contributed by atoms with van der Waals surface area (Å²) < 4.78 is 16.9. The average molecular weight is 1020 g/mol. The fourth-order valence-electron chi connectivity index (χ4n) is 9.51. The molecule has 0 bridgehead atoms. The molecule has 0 aliphatic heterocycles. The maximum atomic E-state index is 12.9. The molecule has 0 aromatic carbocycles. The van der Waals surface area contributed by atoms with E-state index in [0.29, 0.717) is 19.3 Å². The Morgan fingerprint density at radius 1 is 0.288 bits per heavy atom. The Kier molecular flexibility index (Phi) is 59.7. The van der Waals surface area contributed by atoms with E-state index in [-0.39, 0.29) is 31.1 Å². The number of carbonyl (C=O) groups excluding carboxylic acids is 3. The Labute approximate surface area is 454 Å². The highest BCUT2D eigenvalue weighted by atomic mass is 16.6. The number of unbranched alkanes of at least 4 members (excludes halogenated alkanes) is 40. The minimum absolute atomic E-state index is 0.0733. The lowest BCUT2D eigenvalue weighted by Crippen LogP contribution is -2.30. The number of carbonyl (C=O) groups is 3. The van der Waals surface area contributed by atoms with Crippen molar-refractivity contribution in [3.8, 4) is 0 Å². The highest BCUT2D eigenvalue weighted by Crippen LogP contribution is 2.17. The molecule has 0 saturated heterocycles. The van der Waals surface area contributed by atoms with Gasteiger partial charge >= 0.3 is 17.9 Å². The van der Waals surface area contributed by atoms with E-state index in [4.69, 9.17) is 14.2 Å². The van der Waals surface area contributed by atoms with Gasteiger partial charge in [-0.15, -0.1) is 0 Å². The van der Waals surface area contributed by atoms with Crippen molar-refractivity contribution in [1.82, 2.24) is 0 Å². The number of esters is 3. The van der Waals surface area contributed by atoms with Crippen LogP contribution >= 0.6 is 0 Å². The topological polar surface area (TPSA) is 78.9 Å². The summed E-state index contributed by atoms with van der Waals surface area (Å²) in [6, 6.07) is 0. The van der Waals surface area contributed by atoms with Crippen LogP contribution in [0.25, 0.3) is 0 Å². The van der Waals surface area contributed by atoms with Crippen LogP contribution in [0.15, 0.2) is 48.6 Å². The van der Waals surface area contributed by atoms with Gasteiger partial charge in [-0.1, -0.05) is 294 Å². The van der Waals surface area contributed by atoms with Gasteiger partial charge in [0, 0.05) is 19.3 Å². The van der Waals surface area contributed by atoms with Crippen LogP contribution in [0, 0.1) is 0 Å². The van der Waals surface area contributed by atoms with Crippen molar-refractivity contribution in [2.24, 2.45) is 0 Å². The third kappa shape index (κ3) is 60.1. The summed E-state index contributed by atoms with van der Waals surface area (Å²) in [5.74, 6) is -0.863. The van der Waals surface area contributed by atoms with Gasteiger partial charge in [-0.3, -0.25) is 14.4 Å². The standard InChI is InChI=1S/C67H122O6/c1-4-7-10-13-16-19-22-25-27-29-30-31-32-33-34-35-36-38-39-42-45-48-51-54-57-60-66(69)72-63-64(62-71-65(68)59-56-53-50-47-44-41-24-21-18-15-12-9-6-3)73-67(70)61-58-55-52-49-46-43-40-37-28-26-23-20-17-14-11-8-5-2/h8,11,17,20,26,28-30,64H,4-7,9-10,12-16,18-19,21-25,27,31-63H2,1-3H3/b11-8-,20-17-,28-26-,30-29-. The van der Waals surface area contributed by atoms with E-state index in [1.807, 2.05) is 0 Å². The zero-order valence-corrected chi connectivity index (χ0v) is 48.9. The van der Waals surface area contributed by atoms with Crippen LogP contribution in [0.1, 0.15) is 342 Å². The van der Waals surface area contributed by atoms with Crippen LogP contribution in [0.4, 0.5) is 0 Å². The molecule has 0 N–H and O–H groups in total. The third-order valence-corrected chi connectivity index (χ3v) is 14.3. The van der Waals surface area contributed by atoms with Gasteiger partial charge < -0.3 is 14.2 Å². The second-order valence-corrected chi connectivity index (χ2v) is 21.6. The molecule has 0 radical (unpaired) electrons. The van der Waals surface area contributed by atoms with E-state index in [2.05, 4.69) is 69.4 Å². The number of hydrogen-bond donors (Lipinski definition) is 0. The van der Waals surface area contributed by atoms with Crippen molar-refractivity contribution in [3.63, 3.8) is 0 Å². The van der Waals surface area contributed by atoms with Gasteiger partial charge in [-0.2, -0.15) is 0 Å². The van der Waals surface area contributed by atoms with Crippen molar-refractivity contribution < 1.29 is 28.6 Å². The molecule has 0 saturated carbocycles. The van der Waals surface area contributed by atoms with Gasteiger partial charge in [-0.25, -0.2) is 0 Å². The van der Waals surface area contributed by atoms with Crippen molar-refractivity contribution in [1.29, 1.82) is 0 Å². The average Bonchev–Trinajstić information content (AvgIpc) is 3.39. The Bertz CT molecular complexity index is 1270. The molecule has 1 atom stereocenters. The van der Waals surface area contributed by atoms with Gasteiger partial charge in [-0.05, 0) is 77.0 Å². The molecular formula is C67H122O6. The van der Waals surface area contributed by atoms with Crippen molar-refractivity contribution in [2.45, 2.75) is 348 Å². The van der Waals surface area contributed by atoms with E-state index in [9.17, 15) is 14.4 Å². The van der Waals surface area contributed by atoms with Gasteiger partial charge in [0.25, 0.3) is 0 Å². The summed E-state index contributed by atoms with van der Waals surface area (Å²) in [5.41, 5.74) is 0. The van der Waals surface area contributed by atoms with Crippen molar-refractivity contribution in [3.05, 3.63) is 48.6 Å².